The third-order valence-electron chi connectivity index (χ3n) is 2.93. The van der Waals surface area contributed by atoms with Crippen molar-refractivity contribution in [1.82, 2.24) is 10.2 Å². The lowest BCUT2D eigenvalue weighted by Crippen LogP contribution is -2.40. The quantitative estimate of drug-likeness (QED) is 0.847. The number of fused-ring (bicyclic) bond motifs is 1. The van der Waals surface area contributed by atoms with Gasteiger partial charge in [0.2, 0.25) is 0 Å². The Kier molecular flexibility index (Phi) is 3.86. The average molecular weight is 252 g/mol. The summed E-state index contributed by atoms with van der Waals surface area (Å²) < 4.78 is 5.34. The third-order valence-corrected chi connectivity index (χ3v) is 2.93. The average Bonchev–Trinajstić information content (AvgIpc) is 2.66. The summed E-state index contributed by atoms with van der Waals surface area (Å²) in [6.07, 6.45) is 3.27. The molecule has 1 aromatic rings. The van der Waals surface area contributed by atoms with Gasteiger partial charge in [0.25, 0.3) is 0 Å². The van der Waals surface area contributed by atoms with Gasteiger partial charge in [0.15, 0.2) is 0 Å². The minimum atomic E-state index is -0.914. The lowest BCUT2D eigenvalue weighted by atomic mass is 10.2. The van der Waals surface area contributed by atoms with Gasteiger partial charge in [0.1, 0.15) is 5.76 Å². The maximum Gasteiger partial charge on any atom is 0.317 e. The van der Waals surface area contributed by atoms with Crippen molar-refractivity contribution in [2.45, 2.75) is 25.8 Å². The van der Waals surface area contributed by atoms with Crippen LogP contribution in [0.15, 0.2) is 16.7 Å². The number of aliphatic carboxylic acids is 1. The molecular formula is C12H16N2O4. The molecule has 0 spiro atoms. The fourth-order valence-electron chi connectivity index (χ4n) is 2.00. The van der Waals surface area contributed by atoms with Gasteiger partial charge in [-0.1, -0.05) is 0 Å². The number of aryl methyl sites for hydroxylation is 1. The second-order valence-corrected chi connectivity index (χ2v) is 4.27. The SMILES string of the molecule is O=C(O)CCNC(=O)N1CCCc2occc2C1. The zero-order valence-corrected chi connectivity index (χ0v) is 10.0. The van der Waals surface area contributed by atoms with Crippen LogP contribution in [0.5, 0.6) is 0 Å². The Morgan fingerprint density at radius 2 is 2.33 bits per heavy atom. The number of carboxylic acid groups (broad SMARTS) is 1. The van der Waals surface area contributed by atoms with E-state index in [1.54, 1.807) is 11.2 Å². The van der Waals surface area contributed by atoms with Gasteiger partial charge in [-0.2, -0.15) is 0 Å². The maximum atomic E-state index is 11.9. The van der Waals surface area contributed by atoms with Gasteiger partial charge in [-0.25, -0.2) is 4.79 Å². The van der Waals surface area contributed by atoms with Crippen molar-refractivity contribution in [2.24, 2.45) is 0 Å². The van der Waals surface area contributed by atoms with Crippen LogP contribution in [0.2, 0.25) is 0 Å². The molecule has 0 fully saturated rings. The van der Waals surface area contributed by atoms with E-state index >= 15 is 0 Å². The first-order chi connectivity index (χ1) is 8.66. The van der Waals surface area contributed by atoms with Crippen LogP contribution in [0.1, 0.15) is 24.2 Å². The normalized spacial score (nSPS) is 14.8. The molecule has 2 heterocycles. The van der Waals surface area contributed by atoms with Crippen molar-refractivity contribution in [3.63, 3.8) is 0 Å². The van der Waals surface area contributed by atoms with Crippen LogP contribution in [0.3, 0.4) is 0 Å². The first-order valence-electron chi connectivity index (χ1n) is 5.96. The predicted molar refractivity (Wildman–Crippen MR) is 63.1 cm³/mol. The molecule has 0 atom stereocenters. The summed E-state index contributed by atoms with van der Waals surface area (Å²) in [7, 11) is 0. The second-order valence-electron chi connectivity index (χ2n) is 4.27. The lowest BCUT2D eigenvalue weighted by Gasteiger charge is -2.20. The van der Waals surface area contributed by atoms with Gasteiger partial charge in [-0.3, -0.25) is 4.79 Å². The highest BCUT2D eigenvalue weighted by Crippen LogP contribution is 2.19. The molecule has 1 aliphatic rings. The number of nitrogens with one attached hydrogen (secondary N) is 1. The fourth-order valence-corrected chi connectivity index (χ4v) is 2.00. The highest BCUT2D eigenvalue weighted by molar-refractivity contribution is 5.75. The van der Waals surface area contributed by atoms with E-state index in [9.17, 15) is 9.59 Å². The van der Waals surface area contributed by atoms with Crippen molar-refractivity contribution in [1.29, 1.82) is 0 Å². The number of urea groups is 1. The summed E-state index contributed by atoms with van der Waals surface area (Å²) in [4.78, 5) is 23.9. The van der Waals surface area contributed by atoms with Gasteiger partial charge in [-0.15, -0.1) is 0 Å². The van der Waals surface area contributed by atoms with Gasteiger partial charge in [-0.05, 0) is 12.5 Å². The van der Waals surface area contributed by atoms with E-state index < -0.39 is 5.97 Å². The maximum absolute atomic E-state index is 11.9. The number of carboxylic acids is 1. The van der Waals surface area contributed by atoms with Crippen LogP contribution in [0, 0.1) is 0 Å². The molecule has 0 radical (unpaired) electrons. The van der Waals surface area contributed by atoms with E-state index in [1.165, 1.54) is 0 Å². The van der Waals surface area contributed by atoms with E-state index in [2.05, 4.69) is 5.32 Å². The van der Waals surface area contributed by atoms with Crippen LogP contribution < -0.4 is 5.32 Å². The van der Waals surface area contributed by atoms with Crippen molar-refractivity contribution < 1.29 is 19.1 Å². The molecule has 0 bridgehead atoms. The van der Waals surface area contributed by atoms with Crippen molar-refractivity contribution in [3.8, 4) is 0 Å². The van der Waals surface area contributed by atoms with Gasteiger partial charge in [0.05, 0.1) is 19.2 Å². The van der Waals surface area contributed by atoms with Crippen LogP contribution in [0.25, 0.3) is 0 Å². The summed E-state index contributed by atoms with van der Waals surface area (Å²) in [5.74, 6) is 0.0270. The summed E-state index contributed by atoms with van der Waals surface area (Å²) in [6.45, 7) is 1.33. The van der Waals surface area contributed by atoms with E-state index in [-0.39, 0.29) is 19.0 Å². The Labute approximate surface area is 105 Å². The number of hydrogen-bond acceptors (Lipinski definition) is 3. The zero-order valence-electron chi connectivity index (χ0n) is 10.0. The molecule has 0 aromatic carbocycles. The molecule has 6 heteroatoms. The number of rotatable bonds is 3. The molecule has 0 aliphatic carbocycles. The summed E-state index contributed by atoms with van der Waals surface area (Å²) in [5, 5.41) is 11.1. The third kappa shape index (κ3) is 3.03. The molecule has 0 unspecified atom stereocenters. The van der Waals surface area contributed by atoms with E-state index in [0.717, 1.165) is 24.2 Å². The number of carbonyl (C=O) groups is 2. The Morgan fingerprint density at radius 1 is 1.50 bits per heavy atom. The second kappa shape index (κ2) is 5.57. The van der Waals surface area contributed by atoms with Crippen LogP contribution >= 0.6 is 0 Å². The van der Waals surface area contributed by atoms with Gasteiger partial charge in [0, 0.05) is 25.1 Å². The number of nitrogens with zero attached hydrogens (tertiary/aromatic N) is 1. The molecule has 6 nitrogen and oxygen atoms in total. The molecule has 1 aromatic heterocycles. The molecule has 18 heavy (non-hydrogen) atoms. The summed E-state index contributed by atoms with van der Waals surface area (Å²) in [6, 6.07) is 1.66. The molecule has 2 N–H and O–H groups in total. The van der Waals surface area contributed by atoms with Gasteiger partial charge < -0.3 is 19.7 Å². The first kappa shape index (κ1) is 12.5. The Hall–Kier alpha value is -1.98. The molecular weight excluding hydrogens is 236 g/mol. The molecule has 2 amide bonds. The molecule has 98 valence electrons. The highest BCUT2D eigenvalue weighted by atomic mass is 16.4. The molecule has 1 aliphatic heterocycles. The highest BCUT2D eigenvalue weighted by Gasteiger charge is 2.20. The van der Waals surface area contributed by atoms with E-state index in [0.29, 0.717) is 13.1 Å². The fraction of sp³-hybridized carbons (Fsp3) is 0.500. The van der Waals surface area contributed by atoms with Crippen molar-refractivity contribution in [2.75, 3.05) is 13.1 Å². The zero-order chi connectivity index (χ0) is 13.0. The van der Waals surface area contributed by atoms with Crippen LogP contribution in [-0.4, -0.2) is 35.1 Å². The van der Waals surface area contributed by atoms with E-state index in [4.69, 9.17) is 9.52 Å². The smallest absolute Gasteiger partial charge is 0.317 e. The molecule has 0 saturated carbocycles. The summed E-state index contributed by atoms with van der Waals surface area (Å²) in [5.41, 5.74) is 1.03. The molecule has 2 rings (SSSR count). The van der Waals surface area contributed by atoms with Crippen molar-refractivity contribution >= 4 is 12.0 Å². The van der Waals surface area contributed by atoms with Crippen LogP contribution in [-0.2, 0) is 17.8 Å². The Bertz CT molecular complexity index is 441. The Morgan fingerprint density at radius 3 is 3.11 bits per heavy atom. The summed E-state index contributed by atoms with van der Waals surface area (Å²) >= 11 is 0. The number of furan rings is 1. The predicted octanol–water partition coefficient (Wildman–Crippen LogP) is 1.21. The minimum absolute atomic E-state index is 0.0590. The van der Waals surface area contributed by atoms with E-state index in [1.807, 2.05) is 6.07 Å². The van der Waals surface area contributed by atoms with Gasteiger partial charge >= 0.3 is 12.0 Å². The largest absolute Gasteiger partial charge is 0.481 e. The first-order valence-corrected chi connectivity index (χ1v) is 5.96. The monoisotopic (exact) mass is 252 g/mol. The Balaban J connectivity index is 1.89. The lowest BCUT2D eigenvalue weighted by molar-refractivity contribution is -0.136. The number of amides is 2. The minimum Gasteiger partial charge on any atom is -0.481 e. The van der Waals surface area contributed by atoms with Crippen LogP contribution in [0.4, 0.5) is 4.79 Å². The number of carbonyl (C=O) groups excluding carboxylic acids is 1. The van der Waals surface area contributed by atoms with Crippen molar-refractivity contribution in [3.05, 3.63) is 23.7 Å². The number of hydrogen-bond donors (Lipinski definition) is 2. The topological polar surface area (TPSA) is 82.8 Å². The standard InChI is InChI=1S/C12H16N2O4/c15-11(16)3-5-13-12(17)14-6-1-2-10-9(8-14)4-7-18-10/h4,7H,1-3,5-6,8H2,(H,13,17)(H,15,16). The molecule has 0 saturated heterocycles.